The summed E-state index contributed by atoms with van der Waals surface area (Å²) < 4.78 is 13.3. The second-order valence-corrected chi connectivity index (χ2v) is 11.1. The van der Waals surface area contributed by atoms with Gasteiger partial charge in [0.05, 0.1) is 37.6 Å². The van der Waals surface area contributed by atoms with E-state index in [9.17, 15) is 9.59 Å². The molecule has 8 nitrogen and oxygen atoms in total. The minimum absolute atomic E-state index is 0.0653. The molecule has 2 N–H and O–H groups in total. The van der Waals surface area contributed by atoms with Gasteiger partial charge in [0.25, 0.3) is 5.91 Å². The number of nitrogens with zero attached hydrogens (tertiary/aromatic N) is 2. The number of carbonyl (C=O) groups is 2. The maximum atomic E-state index is 12.6. The van der Waals surface area contributed by atoms with E-state index in [2.05, 4.69) is 41.3 Å². The summed E-state index contributed by atoms with van der Waals surface area (Å²) in [7, 11) is 0. The second-order valence-electron chi connectivity index (χ2n) is 10.3. The monoisotopic (exact) mass is 532 g/mol. The van der Waals surface area contributed by atoms with E-state index in [1.807, 2.05) is 46.6 Å². The van der Waals surface area contributed by atoms with E-state index < -0.39 is 0 Å². The normalized spacial score (nSPS) is 16.5. The topological polar surface area (TPSA) is 94.5 Å². The van der Waals surface area contributed by atoms with E-state index in [0.29, 0.717) is 30.5 Å². The van der Waals surface area contributed by atoms with Crippen LogP contribution in [0.2, 0.25) is 0 Å². The van der Waals surface area contributed by atoms with Gasteiger partial charge in [-0.3, -0.25) is 9.59 Å². The smallest absolute Gasteiger partial charge is 0.253 e. The Balaban J connectivity index is 1.11. The van der Waals surface area contributed by atoms with Crippen LogP contribution in [-0.4, -0.2) is 47.7 Å². The summed E-state index contributed by atoms with van der Waals surface area (Å²) in [5, 5.41) is 7.81. The summed E-state index contributed by atoms with van der Waals surface area (Å²) in [6.07, 6.45) is 7.59. The standard InChI is InChI=1S/C29H32N4O4S/c1-3-4-5-10-29(11-12-29)33-13-9-22(16-33)26(35)30-15-25(34)32-27-31-24(17-38-27)21-7-6-8-23(14-21)37-20-28(2)18-36-19-28/h6-9,13-14,16-17H,3-4,11-12,15,18-20H2,1-2H3,(H,30,35)(H,31,32,34). The lowest BCUT2D eigenvalue weighted by molar-refractivity contribution is -0.120. The molecule has 2 amide bonds. The number of amides is 2. The maximum absolute atomic E-state index is 12.6. The average molecular weight is 533 g/mol. The zero-order valence-electron chi connectivity index (χ0n) is 21.7. The molecule has 2 fully saturated rings. The Bertz CT molecular complexity index is 1370. The average Bonchev–Trinajstić information content (AvgIpc) is 3.28. The van der Waals surface area contributed by atoms with Crippen molar-refractivity contribution in [3.8, 4) is 28.8 Å². The number of carbonyl (C=O) groups excluding carboxylic acids is 2. The van der Waals surface area contributed by atoms with E-state index in [-0.39, 0.29) is 29.3 Å². The van der Waals surface area contributed by atoms with Gasteiger partial charge >= 0.3 is 0 Å². The number of thiazole rings is 1. The SMILES string of the molecule is CCCC#CC1(n2ccc(C(=O)NCC(=O)Nc3nc(-c4cccc(OCC5(C)COC5)c4)cs3)c2)CC1. The fourth-order valence-electron chi connectivity index (χ4n) is 4.14. The minimum Gasteiger partial charge on any atom is -0.493 e. The van der Waals surface area contributed by atoms with Crippen molar-refractivity contribution in [1.29, 1.82) is 0 Å². The van der Waals surface area contributed by atoms with Crippen LogP contribution in [0.4, 0.5) is 5.13 Å². The van der Waals surface area contributed by atoms with E-state index in [0.717, 1.165) is 42.7 Å². The van der Waals surface area contributed by atoms with Crippen LogP contribution in [0.1, 0.15) is 49.9 Å². The molecule has 3 aromatic rings. The van der Waals surface area contributed by atoms with E-state index in [4.69, 9.17) is 9.47 Å². The Morgan fingerprint density at radius 1 is 1.26 bits per heavy atom. The fraction of sp³-hybridized carbons (Fsp3) is 0.414. The van der Waals surface area contributed by atoms with Crippen molar-refractivity contribution in [2.24, 2.45) is 5.41 Å². The summed E-state index contributed by atoms with van der Waals surface area (Å²) in [5.41, 5.74) is 2.05. The number of aromatic nitrogens is 2. The molecule has 1 aromatic carbocycles. The van der Waals surface area contributed by atoms with Gasteiger partial charge in [-0.15, -0.1) is 17.3 Å². The van der Waals surface area contributed by atoms with Crippen molar-refractivity contribution in [3.05, 3.63) is 53.7 Å². The number of unbranched alkanes of at least 4 members (excludes halogenated alkanes) is 1. The van der Waals surface area contributed by atoms with Crippen LogP contribution in [-0.2, 0) is 15.1 Å². The summed E-state index contributed by atoms with van der Waals surface area (Å²) in [5.74, 6) is 6.72. The highest BCUT2D eigenvalue weighted by Crippen LogP contribution is 2.43. The Morgan fingerprint density at radius 2 is 2.11 bits per heavy atom. The van der Waals surface area contributed by atoms with Crippen molar-refractivity contribution in [1.82, 2.24) is 14.9 Å². The molecule has 5 rings (SSSR count). The van der Waals surface area contributed by atoms with Gasteiger partial charge in [0, 0.05) is 35.2 Å². The Morgan fingerprint density at radius 3 is 2.84 bits per heavy atom. The highest BCUT2D eigenvalue weighted by Gasteiger charge is 2.43. The molecule has 2 aromatic heterocycles. The summed E-state index contributed by atoms with van der Waals surface area (Å²) in [4.78, 5) is 29.6. The van der Waals surface area contributed by atoms with Gasteiger partial charge in [-0.25, -0.2) is 4.98 Å². The van der Waals surface area contributed by atoms with Crippen LogP contribution in [0.5, 0.6) is 5.75 Å². The molecule has 0 spiro atoms. The van der Waals surface area contributed by atoms with Crippen LogP contribution in [0.3, 0.4) is 0 Å². The van der Waals surface area contributed by atoms with Gasteiger partial charge in [-0.1, -0.05) is 31.9 Å². The second kappa shape index (κ2) is 11.0. The molecule has 198 valence electrons. The van der Waals surface area contributed by atoms with Crippen LogP contribution in [0.15, 0.2) is 48.1 Å². The number of hydrogen-bond acceptors (Lipinski definition) is 6. The lowest BCUT2D eigenvalue weighted by atomic mass is 9.90. The zero-order chi connectivity index (χ0) is 26.6. The number of ether oxygens (including phenoxy) is 2. The lowest BCUT2D eigenvalue weighted by Gasteiger charge is -2.37. The molecule has 9 heteroatoms. The molecule has 0 radical (unpaired) electrons. The molecule has 1 saturated carbocycles. The number of rotatable bonds is 10. The number of hydrogen-bond donors (Lipinski definition) is 2. The molecule has 38 heavy (non-hydrogen) atoms. The van der Waals surface area contributed by atoms with Gasteiger partial charge in [-0.05, 0) is 37.5 Å². The first-order valence-electron chi connectivity index (χ1n) is 12.9. The van der Waals surface area contributed by atoms with Crippen LogP contribution >= 0.6 is 11.3 Å². The summed E-state index contributed by atoms with van der Waals surface area (Å²) >= 11 is 1.33. The highest BCUT2D eigenvalue weighted by molar-refractivity contribution is 7.14. The third-order valence-corrected chi connectivity index (χ3v) is 7.40. The highest BCUT2D eigenvalue weighted by atomic mass is 32.1. The van der Waals surface area contributed by atoms with Gasteiger partial charge in [-0.2, -0.15) is 0 Å². The van der Waals surface area contributed by atoms with Crippen molar-refractivity contribution in [3.63, 3.8) is 0 Å². The molecule has 0 unspecified atom stereocenters. The predicted molar refractivity (Wildman–Crippen MR) is 147 cm³/mol. The lowest BCUT2D eigenvalue weighted by Crippen LogP contribution is -2.44. The maximum Gasteiger partial charge on any atom is 0.253 e. The van der Waals surface area contributed by atoms with Crippen LogP contribution in [0.25, 0.3) is 11.3 Å². The number of nitrogens with one attached hydrogen (secondary N) is 2. The molecule has 2 aliphatic rings. The molecular weight excluding hydrogens is 500 g/mol. The van der Waals surface area contributed by atoms with Crippen molar-refractivity contribution < 1.29 is 19.1 Å². The minimum atomic E-state index is -0.337. The van der Waals surface area contributed by atoms with E-state index >= 15 is 0 Å². The van der Waals surface area contributed by atoms with Gasteiger partial charge in [0.15, 0.2) is 5.13 Å². The molecule has 3 heterocycles. The van der Waals surface area contributed by atoms with Crippen molar-refractivity contribution >= 4 is 28.3 Å². The summed E-state index contributed by atoms with van der Waals surface area (Å²) in [6, 6.07) is 9.50. The Hall–Kier alpha value is -3.61. The molecule has 1 aliphatic heterocycles. The van der Waals surface area contributed by atoms with Gasteiger partial charge < -0.3 is 24.7 Å². The van der Waals surface area contributed by atoms with Gasteiger partial charge in [0.2, 0.25) is 5.91 Å². The molecule has 1 saturated heterocycles. The fourth-order valence-corrected chi connectivity index (χ4v) is 4.88. The first kappa shape index (κ1) is 26.0. The van der Waals surface area contributed by atoms with Crippen LogP contribution < -0.4 is 15.4 Å². The van der Waals surface area contributed by atoms with Gasteiger partial charge in [0.1, 0.15) is 11.3 Å². The van der Waals surface area contributed by atoms with Crippen molar-refractivity contribution in [2.75, 3.05) is 31.7 Å². The third kappa shape index (κ3) is 6.09. The third-order valence-electron chi connectivity index (χ3n) is 6.65. The number of benzene rings is 1. The predicted octanol–water partition coefficient (Wildman–Crippen LogP) is 4.69. The van der Waals surface area contributed by atoms with Crippen molar-refractivity contribution in [2.45, 2.75) is 45.1 Å². The van der Waals surface area contributed by atoms with E-state index in [1.54, 1.807) is 6.07 Å². The van der Waals surface area contributed by atoms with Crippen LogP contribution in [0, 0.1) is 17.3 Å². The Labute approximate surface area is 226 Å². The van der Waals surface area contributed by atoms with E-state index in [1.165, 1.54) is 11.3 Å². The molecule has 0 atom stereocenters. The largest absolute Gasteiger partial charge is 0.493 e. The molecule has 1 aliphatic carbocycles. The number of anilines is 1. The zero-order valence-corrected chi connectivity index (χ0v) is 22.5. The first-order valence-corrected chi connectivity index (χ1v) is 13.8. The molecule has 0 bridgehead atoms. The first-order chi connectivity index (χ1) is 18.4. The Kier molecular flexibility index (Phi) is 7.54. The molecular formula is C29H32N4O4S. The summed E-state index contributed by atoms with van der Waals surface area (Å²) in [6.45, 7) is 6.13. The quantitative estimate of drug-likeness (QED) is 0.370.